The van der Waals surface area contributed by atoms with Gasteiger partial charge in [0.25, 0.3) is 0 Å². The van der Waals surface area contributed by atoms with E-state index in [9.17, 15) is 4.79 Å². The van der Waals surface area contributed by atoms with Crippen LogP contribution >= 0.6 is 11.8 Å². The third-order valence-corrected chi connectivity index (χ3v) is 4.60. The Kier molecular flexibility index (Phi) is 5.17. The number of thioether (sulfide) groups is 1. The van der Waals surface area contributed by atoms with Gasteiger partial charge in [-0.2, -0.15) is 0 Å². The van der Waals surface area contributed by atoms with Crippen LogP contribution in [-0.2, 0) is 11.8 Å². The summed E-state index contributed by atoms with van der Waals surface area (Å²) in [7, 11) is 1.96. The van der Waals surface area contributed by atoms with E-state index < -0.39 is 0 Å². The maximum atomic E-state index is 11.8. The van der Waals surface area contributed by atoms with Gasteiger partial charge in [0.05, 0.1) is 12.3 Å². The highest BCUT2D eigenvalue weighted by Crippen LogP contribution is 2.39. The third-order valence-electron chi connectivity index (χ3n) is 3.58. The lowest BCUT2D eigenvalue weighted by Gasteiger charge is -2.07. The van der Waals surface area contributed by atoms with Crippen LogP contribution in [-0.4, -0.2) is 39.6 Å². The zero-order valence-corrected chi connectivity index (χ0v) is 13.9. The highest BCUT2D eigenvalue weighted by Gasteiger charge is 2.29. The van der Waals surface area contributed by atoms with Crippen LogP contribution < -0.4 is 10.1 Å². The largest absolute Gasteiger partial charge is 0.492 e. The van der Waals surface area contributed by atoms with Gasteiger partial charge < -0.3 is 14.6 Å². The highest BCUT2D eigenvalue weighted by molar-refractivity contribution is 7.99. The van der Waals surface area contributed by atoms with Crippen molar-refractivity contribution in [2.24, 2.45) is 7.05 Å². The second-order valence-electron chi connectivity index (χ2n) is 5.47. The van der Waals surface area contributed by atoms with E-state index in [-0.39, 0.29) is 5.91 Å². The fraction of sp³-hybridized carbons (Fsp3) is 0.438. The van der Waals surface area contributed by atoms with Crippen molar-refractivity contribution in [3.63, 3.8) is 0 Å². The number of nitrogens with zero attached hydrogens (tertiary/aromatic N) is 3. The summed E-state index contributed by atoms with van der Waals surface area (Å²) in [5, 5.41) is 12.0. The van der Waals surface area contributed by atoms with Crippen molar-refractivity contribution in [1.29, 1.82) is 0 Å². The van der Waals surface area contributed by atoms with E-state index in [0.717, 1.165) is 16.7 Å². The summed E-state index contributed by atoms with van der Waals surface area (Å²) >= 11 is 1.41. The number of para-hydroxylation sites is 1. The molecule has 1 aromatic heterocycles. The molecule has 0 unspecified atom stereocenters. The molecule has 0 atom stereocenters. The third kappa shape index (κ3) is 4.48. The summed E-state index contributed by atoms with van der Waals surface area (Å²) in [6.07, 6.45) is 2.39. The summed E-state index contributed by atoms with van der Waals surface area (Å²) in [5.74, 6) is 2.71. The van der Waals surface area contributed by atoms with Gasteiger partial charge in [0.15, 0.2) is 5.16 Å². The van der Waals surface area contributed by atoms with E-state index in [4.69, 9.17) is 4.74 Å². The van der Waals surface area contributed by atoms with Gasteiger partial charge in [0, 0.05) is 13.0 Å². The van der Waals surface area contributed by atoms with Crippen LogP contribution in [0, 0.1) is 0 Å². The van der Waals surface area contributed by atoms with Crippen molar-refractivity contribution < 1.29 is 9.53 Å². The number of aromatic nitrogens is 3. The topological polar surface area (TPSA) is 69.0 Å². The molecule has 2 aromatic rings. The number of carbonyl (C=O) groups is 1. The van der Waals surface area contributed by atoms with Crippen molar-refractivity contribution in [1.82, 2.24) is 20.1 Å². The van der Waals surface area contributed by atoms with Crippen molar-refractivity contribution in [3.05, 3.63) is 36.2 Å². The predicted octanol–water partition coefficient (Wildman–Crippen LogP) is 1.98. The number of ether oxygens (including phenoxy) is 1. The molecular weight excluding hydrogens is 312 g/mol. The molecule has 0 spiro atoms. The second kappa shape index (κ2) is 7.50. The van der Waals surface area contributed by atoms with Gasteiger partial charge >= 0.3 is 0 Å². The first-order valence-corrected chi connectivity index (χ1v) is 8.69. The summed E-state index contributed by atoms with van der Waals surface area (Å²) in [6.45, 7) is 0.941. The summed E-state index contributed by atoms with van der Waals surface area (Å²) in [6, 6.07) is 9.56. The minimum Gasteiger partial charge on any atom is -0.492 e. The van der Waals surface area contributed by atoms with Gasteiger partial charge in [-0.1, -0.05) is 30.0 Å². The Morgan fingerprint density at radius 2 is 2.13 bits per heavy atom. The van der Waals surface area contributed by atoms with E-state index >= 15 is 0 Å². The molecule has 0 radical (unpaired) electrons. The van der Waals surface area contributed by atoms with Crippen molar-refractivity contribution in [2.75, 3.05) is 18.9 Å². The second-order valence-corrected chi connectivity index (χ2v) is 6.42. The molecule has 1 saturated carbocycles. The summed E-state index contributed by atoms with van der Waals surface area (Å²) in [4.78, 5) is 11.8. The quantitative estimate of drug-likeness (QED) is 0.591. The monoisotopic (exact) mass is 332 g/mol. The molecule has 1 amide bonds. The predicted molar refractivity (Wildman–Crippen MR) is 88.6 cm³/mol. The molecule has 0 saturated heterocycles. The number of amides is 1. The fourth-order valence-electron chi connectivity index (χ4n) is 2.21. The Labute approximate surface area is 139 Å². The average molecular weight is 332 g/mol. The number of carbonyl (C=O) groups excluding carboxylic acids is 1. The molecule has 6 nitrogen and oxygen atoms in total. The van der Waals surface area contributed by atoms with E-state index in [1.165, 1.54) is 24.6 Å². The molecule has 23 heavy (non-hydrogen) atoms. The Balaban J connectivity index is 1.35. The molecule has 0 bridgehead atoms. The van der Waals surface area contributed by atoms with E-state index in [0.29, 0.717) is 24.8 Å². The van der Waals surface area contributed by atoms with Crippen LogP contribution in [0.1, 0.15) is 24.6 Å². The maximum absolute atomic E-state index is 11.8. The number of rotatable bonds is 8. The van der Waals surface area contributed by atoms with Crippen molar-refractivity contribution in [2.45, 2.75) is 23.9 Å². The maximum Gasteiger partial charge on any atom is 0.230 e. The van der Waals surface area contributed by atoms with Gasteiger partial charge in [-0.3, -0.25) is 4.79 Å². The minimum absolute atomic E-state index is 0.0253. The lowest BCUT2D eigenvalue weighted by atomic mass is 10.3. The number of nitrogens with one attached hydrogen (secondary N) is 1. The van der Waals surface area contributed by atoms with Gasteiger partial charge in [-0.05, 0) is 25.0 Å². The van der Waals surface area contributed by atoms with Gasteiger partial charge in [-0.15, -0.1) is 10.2 Å². The molecule has 1 aliphatic rings. The molecule has 0 aliphatic heterocycles. The van der Waals surface area contributed by atoms with Crippen LogP contribution in [0.25, 0.3) is 0 Å². The molecule has 1 fully saturated rings. The Bertz CT molecular complexity index is 655. The van der Waals surface area contributed by atoms with Crippen LogP contribution in [0.5, 0.6) is 5.75 Å². The van der Waals surface area contributed by atoms with Crippen LogP contribution in [0.4, 0.5) is 0 Å². The van der Waals surface area contributed by atoms with Gasteiger partial charge in [0.1, 0.15) is 18.2 Å². The Morgan fingerprint density at radius 1 is 1.35 bits per heavy atom. The molecule has 1 heterocycles. The van der Waals surface area contributed by atoms with Crippen LogP contribution in [0.2, 0.25) is 0 Å². The van der Waals surface area contributed by atoms with Crippen molar-refractivity contribution >= 4 is 17.7 Å². The normalized spacial score (nSPS) is 13.8. The lowest BCUT2D eigenvalue weighted by molar-refractivity contribution is -0.118. The smallest absolute Gasteiger partial charge is 0.230 e. The average Bonchev–Trinajstić information content (AvgIpc) is 3.34. The van der Waals surface area contributed by atoms with E-state index in [1.807, 2.05) is 41.9 Å². The number of hydrogen-bond donors (Lipinski definition) is 1. The molecule has 1 N–H and O–H groups in total. The SMILES string of the molecule is Cn1c(SCC(=O)NCCOc2ccccc2)nnc1C1CC1. The van der Waals surface area contributed by atoms with Crippen LogP contribution in [0.3, 0.4) is 0 Å². The minimum atomic E-state index is -0.0253. The van der Waals surface area contributed by atoms with Crippen molar-refractivity contribution in [3.8, 4) is 5.75 Å². The van der Waals surface area contributed by atoms with E-state index in [1.54, 1.807) is 0 Å². The first kappa shape index (κ1) is 15.9. The summed E-state index contributed by atoms with van der Waals surface area (Å²) in [5.41, 5.74) is 0. The molecule has 1 aliphatic carbocycles. The van der Waals surface area contributed by atoms with Gasteiger partial charge in [0.2, 0.25) is 5.91 Å². The lowest BCUT2D eigenvalue weighted by Crippen LogP contribution is -2.29. The fourth-order valence-corrected chi connectivity index (χ4v) is 2.95. The van der Waals surface area contributed by atoms with Gasteiger partial charge in [-0.25, -0.2) is 0 Å². The first-order chi connectivity index (χ1) is 11.2. The first-order valence-electron chi connectivity index (χ1n) is 7.70. The van der Waals surface area contributed by atoms with E-state index in [2.05, 4.69) is 15.5 Å². The molecular formula is C16H20N4O2S. The Morgan fingerprint density at radius 3 is 2.87 bits per heavy atom. The van der Waals surface area contributed by atoms with Crippen LogP contribution in [0.15, 0.2) is 35.5 Å². The standard InChI is InChI=1S/C16H20N4O2S/c1-20-15(12-7-8-12)18-19-16(20)23-11-14(21)17-9-10-22-13-5-3-2-4-6-13/h2-6,12H,7-11H2,1H3,(H,17,21). The highest BCUT2D eigenvalue weighted by atomic mass is 32.2. The molecule has 1 aromatic carbocycles. The Hall–Kier alpha value is -2.02. The zero-order chi connectivity index (χ0) is 16.1. The summed E-state index contributed by atoms with van der Waals surface area (Å²) < 4.78 is 7.52. The molecule has 7 heteroatoms. The molecule has 122 valence electrons. The number of hydrogen-bond acceptors (Lipinski definition) is 5. The number of benzene rings is 1. The zero-order valence-electron chi connectivity index (χ0n) is 13.1. The molecule has 3 rings (SSSR count).